The van der Waals surface area contributed by atoms with Crippen LogP contribution in [0.15, 0.2) is 0 Å². The van der Waals surface area contributed by atoms with Crippen LogP contribution in [0.1, 0.15) is 60.8 Å². The number of amides is 1. The van der Waals surface area contributed by atoms with E-state index in [1.165, 1.54) is 6.42 Å². The van der Waals surface area contributed by atoms with Gasteiger partial charge in [0.2, 0.25) is 0 Å². The SMILES string of the molecule is CC(C)(C)OC(=O)N[C@@H](CCC1SCCCS1)C(=O)OC(C)(C)C. The standard InChI is InChI=1S/C17H31NO4S2/c1-16(2,3)21-14(19)12(18-15(20)22-17(4,5)6)8-9-13-23-10-7-11-24-13/h12-13H,7-11H2,1-6H3,(H,18,20)/t12-/m0/s1. The summed E-state index contributed by atoms with van der Waals surface area (Å²) in [5, 5.41) is 2.68. The van der Waals surface area contributed by atoms with Crippen molar-refractivity contribution in [3.63, 3.8) is 0 Å². The Labute approximate surface area is 154 Å². The number of esters is 1. The zero-order chi connectivity index (χ0) is 18.4. The van der Waals surface area contributed by atoms with E-state index in [-0.39, 0.29) is 0 Å². The van der Waals surface area contributed by atoms with Crippen molar-refractivity contribution in [1.82, 2.24) is 5.32 Å². The molecule has 0 aromatic heterocycles. The minimum Gasteiger partial charge on any atom is -0.458 e. The second kappa shape index (κ2) is 9.22. The van der Waals surface area contributed by atoms with E-state index in [1.54, 1.807) is 20.8 Å². The third-order valence-electron chi connectivity index (χ3n) is 2.97. The Kier molecular flexibility index (Phi) is 8.26. The van der Waals surface area contributed by atoms with Crippen molar-refractivity contribution in [2.24, 2.45) is 0 Å². The maximum Gasteiger partial charge on any atom is 0.408 e. The van der Waals surface area contributed by atoms with E-state index >= 15 is 0 Å². The molecule has 0 aliphatic carbocycles. The number of carbonyl (C=O) groups is 2. The quantitative estimate of drug-likeness (QED) is 0.725. The lowest BCUT2D eigenvalue weighted by atomic mass is 10.1. The number of carbonyl (C=O) groups excluding carboxylic acids is 2. The van der Waals surface area contributed by atoms with E-state index in [1.807, 2.05) is 44.3 Å². The van der Waals surface area contributed by atoms with Crippen LogP contribution in [-0.4, -0.2) is 45.4 Å². The molecule has 0 saturated carbocycles. The molecule has 1 amide bonds. The molecule has 1 aliphatic rings. The Bertz CT molecular complexity index is 423. The Balaban J connectivity index is 2.63. The van der Waals surface area contributed by atoms with Gasteiger partial charge in [0.25, 0.3) is 0 Å². The van der Waals surface area contributed by atoms with Crippen molar-refractivity contribution < 1.29 is 19.1 Å². The second-order valence-electron chi connectivity index (χ2n) is 7.83. The maximum atomic E-state index is 12.4. The summed E-state index contributed by atoms with van der Waals surface area (Å²) in [5.41, 5.74) is -1.18. The Morgan fingerprint density at radius 3 is 2.08 bits per heavy atom. The van der Waals surface area contributed by atoms with Gasteiger partial charge in [-0.25, -0.2) is 9.59 Å². The summed E-state index contributed by atoms with van der Waals surface area (Å²) in [7, 11) is 0. The van der Waals surface area contributed by atoms with Crippen LogP contribution in [0.25, 0.3) is 0 Å². The number of nitrogens with one attached hydrogen (secondary N) is 1. The molecule has 0 aromatic carbocycles. The molecule has 5 nitrogen and oxygen atoms in total. The first-order chi connectivity index (χ1) is 11.0. The summed E-state index contributed by atoms with van der Waals surface area (Å²) in [6, 6.07) is -0.679. The van der Waals surface area contributed by atoms with Crippen LogP contribution < -0.4 is 5.32 Å². The van der Waals surface area contributed by atoms with E-state index in [9.17, 15) is 9.59 Å². The van der Waals surface area contributed by atoms with E-state index < -0.39 is 29.3 Å². The lowest BCUT2D eigenvalue weighted by Crippen LogP contribution is -2.46. The molecule has 1 aliphatic heterocycles. The van der Waals surface area contributed by atoms with Gasteiger partial charge in [0.1, 0.15) is 17.2 Å². The van der Waals surface area contributed by atoms with Crippen LogP contribution >= 0.6 is 23.5 Å². The summed E-state index contributed by atoms with van der Waals surface area (Å²) in [6.07, 6.45) is 2.06. The molecule has 0 radical (unpaired) electrons. The third kappa shape index (κ3) is 9.67. The first-order valence-electron chi connectivity index (χ1n) is 8.42. The normalized spacial score (nSPS) is 17.9. The van der Waals surface area contributed by atoms with Crippen LogP contribution in [0.3, 0.4) is 0 Å². The summed E-state index contributed by atoms with van der Waals surface area (Å²) in [5.74, 6) is 1.92. The molecule has 1 saturated heterocycles. The summed E-state index contributed by atoms with van der Waals surface area (Å²) >= 11 is 3.85. The summed E-state index contributed by atoms with van der Waals surface area (Å²) in [6.45, 7) is 10.9. The van der Waals surface area contributed by atoms with Crippen LogP contribution in [0.5, 0.6) is 0 Å². The highest BCUT2D eigenvalue weighted by Crippen LogP contribution is 2.34. The van der Waals surface area contributed by atoms with Gasteiger partial charge in [-0.2, -0.15) is 0 Å². The van der Waals surface area contributed by atoms with Gasteiger partial charge >= 0.3 is 12.1 Å². The predicted octanol–water partition coefficient (Wildman–Crippen LogP) is 4.20. The molecule has 0 spiro atoms. The Hall–Kier alpha value is -0.560. The average Bonchev–Trinajstić information content (AvgIpc) is 2.40. The van der Waals surface area contributed by atoms with Gasteiger partial charge in [0.05, 0.1) is 4.58 Å². The zero-order valence-corrected chi connectivity index (χ0v) is 17.3. The van der Waals surface area contributed by atoms with Crippen LogP contribution in [0.2, 0.25) is 0 Å². The largest absolute Gasteiger partial charge is 0.458 e. The highest BCUT2D eigenvalue weighted by atomic mass is 32.2. The maximum absolute atomic E-state index is 12.4. The minimum absolute atomic E-state index is 0.404. The fourth-order valence-corrected chi connectivity index (χ4v) is 4.98. The van der Waals surface area contributed by atoms with Gasteiger partial charge in [-0.1, -0.05) is 0 Å². The van der Waals surface area contributed by atoms with Crippen LogP contribution in [-0.2, 0) is 14.3 Å². The Morgan fingerprint density at radius 2 is 1.58 bits per heavy atom. The number of thioether (sulfide) groups is 2. The molecule has 1 atom stereocenters. The first kappa shape index (κ1) is 21.5. The number of rotatable bonds is 5. The number of ether oxygens (including phenoxy) is 2. The van der Waals surface area contributed by atoms with Gasteiger partial charge in [0, 0.05) is 0 Å². The highest BCUT2D eigenvalue weighted by molar-refractivity contribution is 8.17. The van der Waals surface area contributed by atoms with Crippen molar-refractivity contribution in [3.05, 3.63) is 0 Å². The number of hydrogen-bond acceptors (Lipinski definition) is 6. The molecule has 1 fully saturated rings. The van der Waals surface area contributed by atoms with Crippen molar-refractivity contribution in [2.45, 2.75) is 82.6 Å². The van der Waals surface area contributed by atoms with E-state index in [4.69, 9.17) is 9.47 Å². The van der Waals surface area contributed by atoms with Crippen molar-refractivity contribution in [2.75, 3.05) is 11.5 Å². The molecule has 0 unspecified atom stereocenters. The molecule has 24 heavy (non-hydrogen) atoms. The zero-order valence-electron chi connectivity index (χ0n) is 15.6. The summed E-state index contributed by atoms with van der Waals surface area (Å²) < 4.78 is 11.2. The number of hydrogen-bond donors (Lipinski definition) is 1. The third-order valence-corrected chi connectivity index (χ3v) is 6.05. The van der Waals surface area contributed by atoms with Gasteiger partial charge in [0.15, 0.2) is 0 Å². The van der Waals surface area contributed by atoms with E-state index in [2.05, 4.69) is 5.32 Å². The van der Waals surface area contributed by atoms with Crippen LogP contribution in [0.4, 0.5) is 4.79 Å². The highest BCUT2D eigenvalue weighted by Gasteiger charge is 2.29. The minimum atomic E-state index is -0.679. The number of alkyl carbamates (subject to hydrolysis) is 1. The smallest absolute Gasteiger partial charge is 0.408 e. The monoisotopic (exact) mass is 377 g/mol. The molecule has 1 heterocycles. The Morgan fingerprint density at radius 1 is 1.04 bits per heavy atom. The topological polar surface area (TPSA) is 64.6 Å². The molecule has 7 heteroatoms. The van der Waals surface area contributed by atoms with Crippen LogP contribution in [0, 0.1) is 0 Å². The molecular formula is C17H31NO4S2. The molecule has 1 rings (SSSR count). The van der Waals surface area contributed by atoms with Gasteiger partial charge in [-0.3, -0.25) is 0 Å². The fourth-order valence-electron chi connectivity index (χ4n) is 2.08. The lowest BCUT2D eigenvalue weighted by molar-refractivity contribution is -0.157. The van der Waals surface area contributed by atoms with E-state index in [0.29, 0.717) is 11.0 Å². The van der Waals surface area contributed by atoms with Crippen molar-refractivity contribution in [1.29, 1.82) is 0 Å². The molecular weight excluding hydrogens is 346 g/mol. The molecule has 0 bridgehead atoms. The molecule has 140 valence electrons. The predicted molar refractivity (Wildman–Crippen MR) is 102 cm³/mol. The van der Waals surface area contributed by atoms with Crippen molar-refractivity contribution in [3.8, 4) is 0 Å². The molecule has 1 N–H and O–H groups in total. The van der Waals surface area contributed by atoms with E-state index in [0.717, 1.165) is 17.9 Å². The van der Waals surface area contributed by atoms with Crippen molar-refractivity contribution >= 4 is 35.6 Å². The van der Waals surface area contributed by atoms with Gasteiger partial charge < -0.3 is 14.8 Å². The first-order valence-corrected chi connectivity index (χ1v) is 10.5. The summed E-state index contributed by atoms with van der Waals surface area (Å²) in [4.78, 5) is 24.5. The second-order valence-corrected chi connectivity index (χ2v) is 10.8. The van der Waals surface area contributed by atoms with Gasteiger partial charge in [-0.15, -0.1) is 23.5 Å². The molecule has 0 aromatic rings. The lowest BCUT2D eigenvalue weighted by Gasteiger charge is -2.27. The fraction of sp³-hybridized carbons (Fsp3) is 0.882. The van der Waals surface area contributed by atoms with Gasteiger partial charge in [-0.05, 0) is 72.3 Å². The average molecular weight is 378 g/mol.